The number of fused-ring (bicyclic) bond motifs is 1. The van der Waals surface area contributed by atoms with Gasteiger partial charge in [-0.25, -0.2) is 0 Å². The van der Waals surface area contributed by atoms with Crippen molar-refractivity contribution in [3.05, 3.63) is 103 Å². The second-order valence-electron chi connectivity index (χ2n) is 7.19. The highest BCUT2D eigenvalue weighted by atomic mass is 16.5. The van der Waals surface area contributed by atoms with Crippen LogP contribution in [0.3, 0.4) is 0 Å². The highest BCUT2D eigenvalue weighted by Crippen LogP contribution is 2.38. The zero-order valence-electron chi connectivity index (χ0n) is 16.7. The molecule has 1 amide bonds. The fraction of sp³-hybridized carbons (Fsp3) is 0.0800. The Kier molecular flexibility index (Phi) is 5.02. The smallest absolute Gasteiger partial charge is 0.258 e. The summed E-state index contributed by atoms with van der Waals surface area (Å²) in [5.74, 6) is 1.47. The van der Waals surface area contributed by atoms with E-state index in [1.54, 1.807) is 24.8 Å². The summed E-state index contributed by atoms with van der Waals surface area (Å²) in [5, 5.41) is 3.31. The van der Waals surface area contributed by atoms with E-state index >= 15 is 0 Å². The molecule has 0 fully saturated rings. The molecule has 2 aromatic heterocycles. The molecule has 31 heavy (non-hydrogen) atoms. The molecule has 3 heterocycles. The van der Waals surface area contributed by atoms with Gasteiger partial charge in [0.15, 0.2) is 0 Å². The van der Waals surface area contributed by atoms with E-state index in [4.69, 9.17) is 4.74 Å². The summed E-state index contributed by atoms with van der Waals surface area (Å²) in [6.45, 7) is 0.618. The maximum atomic E-state index is 13.3. The van der Waals surface area contributed by atoms with Gasteiger partial charge in [-0.3, -0.25) is 14.8 Å². The van der Waals surface area contributed by atoms with Gasteiger partial charge in [-0.1, -0.05) is 12.1 Å². The van der Waals surface area contributed by atoms with E-state index < -0.39 is 0 Å². The molecular formula is C25H20N4O2. The van der Waals surface area contributed by atoms with Gasteiger partial charge in [0.2, 0.25) is 0 Å². The number of benzene rings is 2. The minimum absolute atomic E-state index is 0.0295. The number of amides is 1. The topological polar surface area (TPSA) is 67.4 Å². The van der Waals surface area contributed by atoms with Crippen LogP contribution in [0.15, 0.2) is 91.5 Å². The molecule has 6 heteroatoms. The predicted octanol–water partition coefficient (Wildman–Crippen LogP) is 5.22. The molecule has 0 saturated heterocycles. The number of nitrogens with one attached hydrogen (secondary N) is 1. The fourth-order valence-electron chi connectivity index (χ4n) is 3.73. The molecular weight excluding hydrogens is 388 g/mol. The Balaban J connectivity index is 1.39. The number of pyridine rings is 2. The summed E-state index contributed by atoms with van der Waals surface area (Å²) in [6.07, 6.45) is 7.59. The average Bonchev–Trinajstić information content (AvgIpc) is 3.25. The molecule has 0 bridgehead atoms. The molecule has 0 aliphatic carbocycles. The van der Waals surface area contributed by atoms with Crippen molar-refractivity contribution in [1.29, 1.82) is 0 Å². The maximum Gasteiger partial charge on any atom is 0.258 e. The van der Waals surface area contributed by atoms with Gasteiger partial charge in [0.05, 0.1) is 5.69 Å². The number of carbonyl (C=O) groups excluding carboxylic acids is 1. The Labute approximate surface area is 180 Å². The van der Waals surface area contributed by atoms with Gasteiger partial charge >= 0.3 is 0 Å². The van der Waals surface area contributed by atoms with Crippen LogP contribution in [0.25, 0.3) is 0 Å². The molecule has 0 saturated carbocycles. The minimum Gasteiger partial charge on any atom is -0.457 e. The number of ether oxygens (including phenoxy) is 1. The summed E-state index contributed by atoms with van der Waals surface area (Å²) in [5.41, 5.74) is 4.34. The third-order valence-electron chi connectivity index (χ3n) is 5.19. The predicted molar refractivity (Wildman–Crippen MR) is 120 cm³/mol. The first-order chi connectivity index (χ1) is 15.3. The number of rotatable bonds is 5. The van der Waals surface area contributed by atoms with Crippen LogP contribution in [0, 0.1) is 0 Å². The molecule has 152 valence electrons. The van der Waals surface area contributed by atoms with E-state index in [0.29, 0.717) is 12.1 Å². The van der Waals surface area contributed by atoms with Crippen molar-refractivity contribution in [2.45, 2.75) is 6.42 Å². The van der Waals surface area contributed by atoms with Crippen molar-refractivity contribution in [2.24, 2.45) is 0 Å². The summed E-state index contributed by atoms with van der Waals surface area (Å²) in [7, 11) is 0. The zero-order valence-corrected chi connectivity index (χ0v) is 16.7. The lowest BCUT2D eigenvalue weighted by atomic mass is 10.1. The van der Waals surface area contributed by atoms with Crippen molar-refractivity contribution in [3.63, 3.8) is 0 Å². The average molecular weight is 408 g/mol. The van der Waals surface area contributed by atoms with Crippen LogP contribution in [0.1, 0.15) is 15.9 Å². The van der Waals surface area contributed by atoms with E-state index in [2.05, 4.69) is 15.3 Å². The normalized spacial score (nSPS) is 12.3. The Morgan fingerprint density at radius 3 is 2.42 bits per heavy atom. The minimum atomic E-state index is -0.0295. The summed E-state index contributed by atoms with van der Waals surface area (Å²) in [6, 6.07) is 20.8. The van der Waals surface area contributed by atoms with Gasteiger partial charge in [-0.05, 0) is 61.0 Å². The molecule has 1 aliphatic rings. The number of hydrogen-bond acceptors (Lipinski definition) is 5. The van der Waals surface area contributed by atoms with Crippen molar-refractivity contribution in [1.82, 2.24) is 9.97 Å². The number of anilines is 3. The van der Waals surface area contributed by atoms with Gasteiger partial charge in [0.25, 0.3) is 5.91 Å². The third-order valence-corrected chi connectivity index (χ3v) is 5.19. The van der Waals surface area contributed by atoms with Crippen molar-refractivity contribution >= 4 is 23.0 Å². The largest absolute Gasteiger partial charge is 0.457 e. The SMILES string of the molecule is O=C(c1cccc(Nc2ccncc2)c1)N1CCc2c(Oc3ccncc3)cccc21. The first kappa shape index (κ1) is 18.8. The van der Waals surface area contributed by atoms with Crippen LogP contribution in [0.5, 0.6) is 11.5 Å². The molecule has 2 aromatic carbocycles. The molecule has 0 unspecified atom stereocenters. The van der Waals surface area contributed by atoms with Crippen LogP contribution in [-0.2, 0) is 6.42 Å². The van der Waals surface area contributed by atoms with Crippen molar-refractivity contribution in [3.8, 4) is 11.5 Å². The molecule has 0 radical (unpaired) electrons. The molecule has 5 rings (SSSR count). The van der Waals surface area contributed by atoms with E-state index in [0.717, 1.165) is 40.5 Å². The first-order valence-electron chi connectivity index (χ1n) is 10.1. The van der Waals surface area contributed by atoms with Crippen molar-refractivity contribution < 1.29 is 9.53 Å². The molecule has 1 N–H and O–H groups in total. The highest BCUT2D eigenvalue weighted by molar-refractivity contribution is 6.08. The number of aromatic nitrogens is 2. The molecule has 4 aromatic rings. The fourth-order valence-corrected chi connectivity index (χ4v) is 3.73. The summed E-state index contributed by atoms with van der Waals surface area (Å²) in [4.78, 5) is 23.2. The Bertz CT molecular complexity index is 1210. The van der Waals surface area contributed by atoms with Crippen LogP contribution < -0.4 is 15.0 Å². The van der Waals surface area contributed by atoms with E-state index in [1.165, 1.54) is 0 Å². The maximum absolute atomic E-state index is 13.3. The second-order valence-corrected chi connectivity index (χ2v) is 7.19. The molecule has 0 atom stereocenters. The van der Waals surface area contributed by atoms with Gasteiger partial charge in [-0.2, -0.15) is 0 Å². The van der Waals surface area contributed by atoms with E-state index in [-0.39, 0.29) is 5.91 Å². The first-order valence-corrected chi connectivity index (χ1v) is 10.1. The number of carbonyl (C=O) groups is 1. The third kappa shape index (κ3) is 3.96. The quantitative estimate of drug-likeness (QED) is 0.491. The lowest BCUT2D eigenvalue weighted by Gasteiger charge is -2.18. The number of hydrogen-bond donors (Lipinski definition) is 1. The van der Waals surface area contributed by atoms with Gasteiger partial charge < -0.3 is 15.0 Å². The van der Waals surface area contributed by atoms with Gasteiger partial charge in [0.1, 0.15) is 11.5 Å². The van der Waals surface area contributed by atoms with E-state index in [1.807, 2.05) is 71.6 Å². The Hall–Kier alpha value is -4.19. The molecule has 0 spiro atoms. The summed E-state index contributed by atoms with van der Waals surface area (Å²) < 4.78 is 6.05. The Morgan fingerprint density at radius 1 is 0.871 bits per heavy atom. The van der Waals surface area contributed by atoms with Crippen molar-refractivity contribution in [2.75, 3.05) is 16.8 Å². The molecule has 1 aliphatic heterocycles. The van der Waals surface area contributed by atoms with Crippen LogP contribution in [0.4, 0.5) is 17.1 Å². The second kappa shape index (κ2) is 8.28. The van der Waals surface area contributed by atoms with Crippen LogP contribution in [-0.4, -0.2) is 22.4 Å². The van der Waals surface area contributed by atoms with Gasteiger partial charge in [-0.15, -0.1) is 0 Å². The lowest BCUT2D eigenvalue weighted by molar-refractivity contribution is 0.0989. The Morgan fingerprint density at radius 2 is 1.61 bits per heavy atom. The monoisotopic (exact) mass is 408 g/mol. The molecule has 6 nitrogen and oxygen atoms in total. The van der Waals surface area contributed by atoms with Crippen LogP contribution in [0.2, 0.25) is 0 Å². The zero-order chi connectivity index (χ0) is 21.0. The van der Waals surface area contributed by atoms with E-state index in [9.17, 15) is 4.79 Å². The van der Waals surface area contributed by atoms with Crippen LogP contribution >= 0.6 is 0 Å². The summed E-state index contributed by atoms with van der Waals surface area (Å²) >= 11 is 0. The number of nitrogens with zero attached hydrogens (tertiary/aromatic N) is 3. The standard InChI is InChI=1S/C25H20N4O2/c30-25(18-3-1-4-20(17-18)28-19-7-12-26-13-8-19)29-16-11-22-23(29)5-2-6-24(22)31-21-9-14-27-15-10-21/h1-10,12-15,17H,11,16H2,(H,26,28). The van der Waals surface area contributed by atoms with Gasteiger partial charge in [0, 0.05) is 53.8 Å². The lowest BCUT2D eigenvalue weighted by Crippen LogP contribution is -2.28. The highest BCUT2D eigenvalue weighted by Gasteiger charge is 2.28.